The first-order valence-electron chi connectivity index (χ1n) is 10.1. The van der Waals surface area contributed by atoms with Crippen molar-refractivity contribution in [2.45, 2.75) is 50.1 Å². The molecular formula is C22H27ClO7S. The molecule has 31 heavy (non-hydrogen) atoms. The number of aliphatic hydroxyl groups excluding tert-OH is 3. The second-order valence-electron chi connectivity index (χ2n) is 7.45. The van der Waals surface area contributed by atoms with Crippen LogP contribution >= 0.6 is 11.6 Å². The molecule has 0 radical (unpaired) electrons. The molecule has 0 spiro atoms. The number of aliphatic hydroxyl groups is 3. The lowest BCUT2D eigenvalue weighted by Gasteiger charge is -2.40. The van der Waals surface area contributed by atoms with Gasteiger partial charge in [-0.1, -0.05) is 42.8 Å². The summed E-state index contributed by atoms with van der Waals surface area (Å²) in [5.41, 5.74) is 0.551. The average molecular weight is 471 g/mol. The van der Waals surface area contributed by atoms with E-state index in [1.54, 1.807) is 18.2 Å². The zero-order valence-electron chi connectivity index (χ0n) is 17.3. The summed E-state index contributed by atoms with van der Waals surface area (Å²) in [4.78, 5) is 0. The van der Waals surface area contributed by atoms with Crippen LogP contribution in [0.15, 0.2) is 42.5 Å². The van der Waals surface area contributed by atoms with Crippen LogP contribution < -0.4 is 4.74 Å². The van der Waals surface area contributed by atoms with Gasteiger partial charge < -0.3 is 24.8 Å². The molecule has 0 amide bonds. The van der Waals surface area contributed by atoms with Crippen molar-refractivity contribution in [3.8, 4) is 5.75 Å². The Morgan fingerprint density at radius 3 is 2.29 bits per heavy atom. The molecule has 9 heteroatoms. The van der Waals surface area contributed by atoms with Gasteiger partial charge in [0.25, 0.3) is 0 Å². The SMILES string of the molecule is CCOc1ccc(Cc2cc(C3OC(S(=O)(=O)CC)C(O)C(O)C3O)ccc2Cl)cc1. The normalized spacial score (nSPS) is 26.6. The summed E-state index contributed by atoms with van der Waals surface area (Å²) in [6, 6.07) is 12.5. The van der Waals surface area contributed by atoms with Gasteiger partial charge in [0.15, 0.2) is 15.3 Å². The summed E-state index contributed by atoms with van der Waals surface area (Å²) < 4.78 is 35.7. The van der Waals surface area contributed by atoms with Crippen LogP contribution in [-0.4, -0.2) is 59.8 Å². The molecule has 7 nitrogen and oxygen atoms in total. The standard InChI is InChI=1S/C22H27ClO7S/c1-3-29-16-8-5-13(6-9-16)11-15-12-14(7-10-17(15)23)21-19(25)18(24)20(26)22(30-21)31(27,28)4-2/h5-10,12,18-22,24-26H,3-4,11H2,1-2H3. The predicted molar refractivity (Wildman–Crippen MR) is 117 cm³/mol. The van der Waals surface area contributed by atoms with E-state index in [0.29, 0.717) is 23.6 Å². The number of ether oxygens (including phenoxy) is 2. The topological polar surface area (TPSA) is 113 Å². The van der Waals surface area contributed by atoms with Gasteiger partial charge in [0.05, 0.1) is 12.4 Å². The lowest BCUT2D eigenvalue weighted by atomic mass is 9.92. The van der Waals surface area contributed by atoms with E-state index in [1.807, 2.05) is 31.2 Å². The fraction of sp³-hybridized carbons (Fsp3) is 0.455. The molecule has 0 bridgehead atoms. The molecule has 3 rings (SSSR count). The van der Waals surface area contributed by atoms with Gasteiger partial charge in [-0.05, 0) is 48.2 Å². The predicted octanol–water partition coefficient (Wildman–Crippen LogP) is 2.24. The molecule has 1 fully saturated rings. The number of sulfone groups is 1. The van der Waals surface area contributed by atoms with Crippen LogP contribution in [0, 0.1) is 0 Å². The van der Waals surface area contributed by atoms with E-state index in [0.717, 1.165) is 16.9 Å². The molecule has 2 aromatic rings. The molecule has 0 saturated carbocycles. The van der Waals surface area contributed by atoms with Crippen molar-refractivity contribution in [2.75, 3.05) is 12.4 Å². The molecule has 1 aliphatic heterocycles. The maximum Gasteiger partial charge on any atom is 0.187 e. The summed E-state index contributed by atoms with van der Waals surface area (Å²) in [5.74, 6) is 0.494. The number of benzene rings is 2. The van der Waals surface area contributed by atoms with E-state index >= 15 is 0 Å². The van der Waals surface area contributed by atoms with Gasteiger partial charge in [0.1, 0.15) is 30.2 Å². The highest BCUT2D eigenvalue weighted by atomic mass is 35.5. The minimum absolute atomic E-state index is 0.270. The van der Waals surface area contributed by atoms with Crippen LogP contribution in [0.4, 0.5) is 0 Å². The van der Waals surface area contributed by atoms with E-state index in [2.05, 4.69) is 0 Å². The third kappa shape index (κ3) is 5.22. The molecule has 0 aliphatic carbocycles. The van der Waals surface area contributed by atoms with E-state index in [4.69, 9.17) is 21.1 Å². The maximum atomic E-state index is 12.3. The van der Waals surface area contributed by atoms with Crippen LogP contribution in [0.2, 0.25) is 5.02 Å². The molecule has 5 unspecified atom stereocenters. The van der Waals surface area contributed by atoms with Crippen molar-refractivity contribution >= 4 is 21.4 Å². The van der Waals surface area contributed by atoms with Crippen LogP contribution in [0.1, 0.15) is 36.6 Å². The summed E-state index contributed by atoms with van der Waals surface area (Å²) in [6.07, 6.45) is -5.56. The Hall–Kier alpha value is -1.68. The van der Waals surface area contributed by atoms with Crippen LogP contribution in [0.25, 0.3) is 0 Å². The largest absolute Gasteiger partial charge is 0.494 e. The third-order valence-corrected chi connectivity index (χ3v) is 7.62. The molecule has 1 saturated heterocycles. The summed E-state index contributed by atoms with van der Waals surface area (Å²) in [5, 5.41) is 31.4. The molecule has 1 heterocycles. The first kappa shape index (κ1) is 24.0. The second-order valence-corrected chi connectivity index (χ2v) is 10.2. The Labute approximate surface area is 187 Å². The van der Waals surface area contributed by atoms with Crippen molar-refractivity contribution in [1.29, 1.82) is 0 Å². The van der Waals surface area contributed by atoms with Gasteiger partial charge in [-0.3, -0.25) is 0 Å². The van der Waals surface area contributed by atoms with Crippen molar-refractivity contribution in [1.82, 2.24) is 0 Å². The van der Waals surface area contributed by atoms with Gasteiger partial charge in [-0.25, -0.2) is 8.42 Å². The average Bonchev–Trinajstić information content (AvgIpc) is 2.75. The Kier molecular flexibility index (Phi) is 7.62. The molecule has 5 atom stereocenters. The van der Waals surface area contributed by atoms with Crippen molar-refractivity contribution in [2.24, 2.45) is 0 Å². The molecule has 1 aliphatic rings. The fourth-order valence-corrected chi connectivity index (χ4v) is 4.97. The van der Waals surface area contributed by atoms with Gasteiger partial charge in [-0.2, -0.15) is 0 Å². The number of hydrogen-bond donors (Lipinski definition) is 3. The Morgan fingerprint density at radius 2 is 1.68 bits per heavy atom. The highest BCUT2D eigenvalue weighted by Crippen LogP contribution is 2.36. The number of rotatable bonds is 7. The zero-order valence-corrected chi connectivity index (χ0v) is 18.9. The fourth-order valence-electron chi connectivity index (χ4n) is 3.58. The lowest BCUT2D eigenvalue weighted by molar-refractivity contribution is -0.202. The number of halogens is 1. The minimum atomic E-state index is -3.82. The summed E-state index contributed by atoms with van der Waals surface area (Å²) in [7, 11) is -3.82. The highest BCUT2D eigenvalue weighted by Gasteiger charge is 2.49. The quantitative estimate of drug-likeness (QED) is 0.568. The van der Waals surface area contributed by atoms with Crippen LogP contribution in [-0.2, 0) is 21.0 Å². The van der Waals surface area contributed by atoms with E-state index < -0.39 is 39.7 Å². The van der Waals surface area contributed by atoms with Crippen molar-refractivity contribution < 1.29 is 33.2 Å². The first-order valence-corrected chi connectivity index (χ1v) is 12.2. The lowest BCUT2D eigenvalue weighted by Crippen LogP contribution is -2.56. The molecule has 3 N–H and O–H groups in total. The van der Waals surface area contributed by atoms with Gasteiger partial charge >= 0.3 is 0 Å². The zero-order chi connectivity index (χ0) is 22.8. The monoisotopic (exact) mass is 470 g/mol. The summed E-state index contributed by atoms with van der Waals surface area (Å²) >= 11 is 6.36. The Morgan fingerprint density at radius 1 is 1.00 bits per heavy atom. The van der Waals surface area contributed by atoms with Gasteiger partial charge in [0, 0.05) is 5.02 Å². The van der Waals surface area contributed by atoms with Gasteiger partial charge in [0.2, 0.25) is 0 Å². The van der Waals surface area contributed by atoms with Crippen LogP contribution in [0.5, 0.6) is 5.75 Å². The van der Waals surface area contributed by atoms with Gasteiger partial charge in [-0.15, -0.1) is 0 Å². The Balaban J connectivity index is 1.88. The second kappa shape index (κ2) is 9.85. The minimum Gasteiger partial charge on any atom is -0.494 e. The van der Waals surface area contributed by atoms with Crippen molar-refractivity contribution in [3.05, 3.63) is 64.2 Å². The molecule has 0 aromatic heterocycles. The Bertz CT molecular complexity index is 993. The number of hydrogen-bond acceptors (Lipinski definition) is 7. The van der Waals surface area contributed by atoms with Crippen molar-refractivity contribution in [3.63, 3.8) is 0 Å². The van der Waals surface area contributed by atoms with E-state index in [1.165, 1.54) is 6.92 Å². The van der Waals surface area contributed by atoms with E-state index in [9.17, 15) is 23.7 Å². The van der Waals surface area contributed by atoms with Crippen LogP contribution in [0.3, 0.4) is 0 Å². The first-order chi connectivity index (χ1) is 14.7. The maximum absolute atomic E-state index is 12.3. The molecule has 2 aromatic carbocycles. The smallest absolute Gasteiger partial charge is 0.187 e. The van der Waals surface area contributed by atoms with E-state index in [-0.39, 0.29) is 5.75 Å². The summed E-state index contributed by atoms with van der Waals surface area (Å²) in [6.45, 7) is 3.91. The molecular weight excluding hydrogens is 444 g/mol. The highest BCUT2D eigenvalue weighted by molar-refractivity contribution is 7.91. The molecule has 170 valence electrons. The third-order valence-electron chi connectivity index (χ3n) is 5.35.